The van der Waals surface area contributed by atoms with E-state index in [4.69, 9.17) is 4.74 Å². The third-order valence-corrected chi connectivity index (χ3v) is 5.89. The molecular formula is C21H25F2NO4. The van der Waals surface area contributed by atoms with Gasteiger partial charge in [0, 0.05) is 37.5 Å². The Balaban J connectivity index is 1.96. The van der Waals surface area contributed by atoms with Crippen LogP contribution in [-0.4, -0.2) is 36.1 Å². The maximum Gasteiger partial charge on any atom is 0.289 e. The van der Waals surface area contributed by atoms with Crippen LogP contribution in [0.3, 0.4) is 0 Å². The van der Waals surface area contributed by atoms with E-state index >= 15 is 0 Å². The van der Waals surface area contributed by atoms with Crippen molar-refractivity contribution in [2.24, 2.45) is 17.8 Å². The van der Waals surface area contributed by atoms with Crippen molar-refractivity contribution in [2.45, 2.75) is 51.4 Å². The number of pyridine rings is 1. The van der Waals surface area contributed by atoms with Crippen LogP contribution in [0.25, 0.3) is 0 Å². The number of methoxy groups -OCH3 is 1. The van der Waals surface area contributed by atoms with E-state index in [1.165, 1.54) is 20.1 Å². The highest BCUT2D eigenvalue weighted by Crippen LogP contribution is 2.41. The minimum Gasteiger partial charge on any atom is -0.385 e. The van der Waals surface area contributed by atoms with Crippen molar-refractivity contribution >= 4 is 17.3 Å². The van der Waals surface area contributed by atoms with Gasteiger partial charge >= 0.3 is 0 Å². The number of fused-ring (bicyclic) bond motifs is 2. The standard InChI is InChI=1S/C21H25F2NO4/c1-3-21(22,23)16-9-8-14(15(24-16)5-4-10-28-2)20(27)17-18(25)12-6-7-13(11-12)19(17)26/h8-9,12-13,17H,3-7,10-11H2,1-2H3. The van der Waals surface area contributed by atoms with Crippen LogP contribution >= 0.6 is 0 Å². The number of aryl methyl sites for hydroxylation is 1. The minimum atomic E-state index is -3.10. The lowest BCUT2D eigenvalue weighted by Crippen LogP contribution is -2.42. The van der Waals surface area contributed by atoms with Crippen LogP contribution in [-0.2, 0) is 26.7 Å². The number of rotatable bonds is 8. The van der Waals surface area contributed by atoms with Crippen LogP contribution < -0.4 is 0 Å². The quantitative estimate of drug-likeness (QED) is 0.384. The van der Waals surface area contributed by atoms with E-state index in [-0.39, 0.29) is 41.1 Å². The number of nitrogens with zero attached hydrogens (tertiary/aromatic N) is 1. The van der Waals surface area contributed by atoms with E-state index in [2.05, 4.69) is 4.98 Å². The maximum atomic E-state index is 14.1. The number of aromatic nitrogens is 1. The molecule has 28 heavy (non-hydrogen) atoms. The molecule has 0 aliphatic heterocycles. The second kappa shape index (κ2) is 8.15. The first kappa shape index (κ1) is 20.7. The largest absolute Gasteiger partial charge is 0.385 e. The summed E-state index contributed by atoms with van der Waals surface area (Å²) >= 11 is 0. The monoisotopic (exact) mass is 393 g/mol. The third kappa shape index (κ3) is 3.77. The van der Waals surface area contributed by atoms with Gasteiger partial charge < -0.3 is 4.74 Å². The first-order valence-electron chi connectivity index (χ1n) is 9.79. The van der Waals surface area contributed by atoms with Crippen LogP contribution in [0.1, 0.15) is 60.8 Å². The Labute approximate surface area is 162 Å². The highest BCUT2D eigenvalue weighted by molar-refractivity contribution is 6.26. The van der Waals surface area contributed by atoms with E-state index < -0.39 is 29.7 Å². The molecule has 2 aliphatic carbocycles. The Morgan fingerprint density at radius 3 is 2.43 bits per heavy atom. The lowest BCUT2D eigenvalue weighted by molar-refractivity contribution is -0.137. The molecule has 1 aromatic rings. The summed E-state index contributed by atoms with van der Waals surface area (Å²) in [5.41, 5.74) is -0.105. The predicted molar refractivity (Wildman–Crippen MR) is 97.3 cm³/mol. The number of ketones is 3. The van der Waals surface area contributed by atoms with Gasteiger partial charge in [0.05, 0.1) is 5.69 Å². The molecular weight excluding hydrogens is 368 g/mol. The molecule has 152 valence electrons. The van der Waals surface area contributed by atoms with E-state index in [0.29, 0.717) is 32.3 Å². The number of alkyl halides is 2. The van der Waals surface area contributed by atoms with Crippen molar-refractivity contribution in [1.29, 1.82) is 0 Å². The first-order chi connectivity index (χ1) is 13.3. The smallest absolute Gasteiger partial charge is 0.289 e. The molecule has 2 fully saturated rings. The van der Waals surface area contributed by atoms with Crippen LogP contribution in [0.4, 0.5) is 8.78 Å². The summed E-state index contributed by atoms with van der Waals surface area (Å²) in [6.45, 7) is 1.75. The number of halogens is 2. The molecule has 1 heterocycles. The number of carbonyl (C=O) groups excluding carboxylic acids is 3. The van der Waals surface area contributed by atoms with Crippen molar-refractivity contribution in [1.82, 2.24) is 4.98 Å². The molecule has 7 heteroatoms. The molecule has 3 rings (SSSR count). The molecule has 1 aromatic heterocycles. The summed E-state index contributed by atoms with van der Waals surface area (Å²) in [4.78, 5) is 42.5. The van der Waals surface area contributed by atoms with Crippen molar-refractivity contribution < 1.29 is 27.9 Å². The summed E-state index contributed by atoms with van der Waals surface area (Å²) in [6.07, 6.45) is 2.14. The van der Waals surface area contributed by atoms with Crippen LogP contribution in [0, 0.1) is 17.8 Å². The van der Waals surface area contributed by atoms with Gasteiger partial charge in [-0.15, -0.1) is 0 Å². The fraction of sp³-hybridized carbons (Fsp3) is 0.619. The molecule has 2 aliphatic rings. The molecule has 0 aromatic carbocycles. The molecule has 2 atom stereocenters. The van der Waals surface area contributed by atoms with Crippen molar-refractivity contribution in [3.8, 4) is 0 Å². The number of carbonyl (C=O) groups is 3. The topological polar surface area (TPSA) is 73.3 Å². The molecule has 0 radical (unpaired) electrons. The van der Waals surface area contributed by atoms with Gasteiger partial charge in [-0.25, -0.2) is 0 Å². The zero-order chi connectivity index (χ0) is 20.5. The zero-order valence-electron chi connectivity index (χ0n) is 16.2. The molecule has 2 unspecified atom stereocenters. The Morgan fingerprint density at radius 2 is 1.86 bits per heavy atom. The SMILES string of the molecule is CCC(F)(F)c1ccc(C(=O)C2C(=O)C3CCC(C3)C2=O)c(CCCOC)n1. The van der Waals surface area contributed by atoms with Crippen LogP contribution in [0.5, 0.6) is 0 Å². The number of hydrogen-bond donors (Lipinski definition) is 0. The molecule has 0 spiro atoms. The van der Waals surface area contributed by atoms with Gasteiger partial charge in [0.2, 0.25) is 0 Å². The summed E-state index contributed by atoms with van der Waals surface area (Å²) in [5.74, 6) is -6.16. The van der Waals surface area contributed by atoms with E-state index in [1.54, 1.807) is 0 Å². The summed E-state index contributed by atoms with van der Waals surface area (Å²) in [7, 11) is 1.52. The zero-order valence-corrected chi connectivity index (χ0v) is 16.2. The Hall–Kier alpha value is -2.02. The lowest BCUT2D eigenvalue weighted by Gasteiger charge is -2.25. The van der Waals surface area contributed by atoms with Crippen LogP contribution in [0.15, 0.2) is 12.1 Å². The van der Waals surface area contributed by atoms with Gasteiger partial charge in [-0.2, -0.15) is 8.78 Å². The van der Waals surface area contributed by atoms with Gasteiger partial charge in [-0.3, -0.25) is 19.4 Å². The average Bonchev–Trinajstić information content (AvgIpc) is 3.14. The van der Waals surface area contributed by atoms with Crippen molar-refractivity contribution in [3.63, 3.8) is 0 Å². The second-order valence-electron chi connectivity index (χ2n) is 7.65. The Kier molecular flexibility index (Phi) is 6.03. The lowest BCUT2D eigenvalue weighted by atomic mass is 9.75. The minimum absolute atomic E-state index is 0.0970. The van der Waals surface area contributed by atoms with Crippen molar-refractivity contribution in [3.05, 3.63) is 29.1 Å². The van der Waals surface area contributed by atoms with Gasteiger partial charge in [-0.05, 0) is 44.2 Å². The predicted octanol–water partition coefficient (Wildman–Crippen LogP) is 3.53. The normalized spacial score (nSPS) is 24.6. The van der Waals surface area contributed by atoms with Gasteiger partial charge in [0.25, 0.3) is 5.92 Å². The van der Waals surface area contributed by atoms with Gasteiger partial charge in [0.15, 0.2) is 17.3 Å². The van der Waals surface area contributed by atoms with Crippen LogP contribution in [0.2, 0.25) is 0 Å². The Bertz CT molecular complexity index is 771. The number of ether oxygens (including phenoxy) is 1. The molecule has 0 amide bonds. The Morgan fingerprint density at radius 1 is 1.21 bits per heavy atom. The summed E-state index contributed by atoms with van der Waals surface area (Å²) in [6, 6.07) is 2.43. The second-order valence-corrected chi connectivity index (χ2v) is 7.65. The van der Waals surface area contributed by atoms with E-state index in [0.717, 1.165) is 6.07 Å². The van der Waals surface area contributed by atoms with E-state index in [9.17, 15) is 23.2 Å². The first-order valence-corrected chi connectivity index (χ1v) is 9.79. The summed E-state index contributed by atoms with van der Waals surface area (Å²) < 4.78 is 33.2. The highest BCUT2D eigenvalue weighted by atomic mass is 19.3. The summed E-state index contributed by atoms with van der Waals surface area (Å²) in [5, 5.41) is 0. The van der Waals surface area contributed by atoms with Crippen molar-refractivity contribution in [2.75, 3.05) is 13.7 Å². The molecule has 5 nitrogen and oxygen atoms in total. The fourth-order valence-corrected chi connectivity index (χ4v) is 4.21. The third-order valence-electron chi connectivity index (χ3n) is 5.89. The van der Waals surface area contributed by atoms with E-state index in [1.807, 2.05) is 0 Å². The fourth-order valence-electron chi connectivity index (χ4n) is 4.21. The average molecular weight is 393 g/mol. The highest BCUT2D eigenvalue weighted by Gasteiger charge is 2.50. The number of hydrogen-bond acceptors (Lipinski definition) is 5. The maximum absolute atomic E-state index is 14.1. The molecule has 0 N–H and O–H groups in total. The molecule has 2 saturated carbocycles. The molecule has 0 saturated heterocycles. The van der Waals surface area contributed by atoms with Gasteiger partial charge in [0.1, 0.15) is 11.6 Å². The number of Topliss-reactive ketones (excluding diaryl/α,β-unsaturated/α-hetero) is 3. The van der Waals surface area contributed by atoms with Gasteiger partial charge in [-0.1, -0.05) is 6.92 Å². The molecule has 2 bridgehead atoms.